The minimum atomic E-state index is -0.567. The van der Waals surface area contributed by atoms with Crippen LogP contribution < -0.4 is 10.6 Å². The number of aromatic nitrogens is 1. The maximum Gasteiger partial charge on any atom is 0.345 e. The van der Waals surface area contributed by atoms with Crippen LogP contribution in [0.1, 0.15) is 44.7 Å². The lowest BCUT2D eigenvalue weighted by molar-refractivity contribution is -0.380. The van der Waals surface area contributed by atoms with Crippen LogP contribution in [-0.4, -0.2) is 33.9 Å². The SMILES string of the molecule is O=C(CCCNc1cccc2c1C(=O)c1ccccc1C2=O)Nc1ncc([N+](=O)[O-])s1. The Morgan fingerprint density at radius 1 is 1.03 bits per heavy atom. The highest BCUT2D eigenvalue weighted by Crippen LogP contribution is 2.32. The lowest BCUT2D eigenvalue weighted by Gasteiger charge is -2.20. The quantitative estimate of drug-likeness (QED) is 0.257. The lowest BCUT2D eigenvalue weighted by Crippen LogP contribution is -2.22. The van der Waals surface area contributed by atoms with Gasteiger partial charge in [-0.15, -0.1) is 0 Å². The van der Waals surface area contributed by atoms with E-state index < -0.39 is 4.92 Å². The van der Waals surface area contributed by atoms with E-state index in [9.17, 15) is 24.5 Å². The van der Waals surface area contributed by atoms with Crippen LogP contribution in [0.5, 0.6) is 0 Å². The molecule has 1 amide bonds. The van der Waals surface area contributed by atoms with Crippen molar-refractivity contribution in [2.24, 2.45) is 0 Å². The van der Waals surface area contributed by atoms with Crippen molar-refractivity contribution < 1.29 is 19.3 Å². The van der Waals surface area contributed by atoms with Gasteiger partial charge in [0.2, 0.25) is 5.91 Å². The highest BCUT2D eigenvalue weighted by Gasteiger charge is 2.31. The molecule has 0 atom stereocenters. The molecule has 1 aliphatic carbocycles. The molecule has 0 radical (unpaired) electrons. The number of amides is 1. The zero-order valence-corrected chi connectivity index (χ0v) is 16.9. The molecule has 1 aliphatic rings. The van der Waals surface area contributed by atoms with Crippen molar-refractivity contribution in [1.29, 1.82) is 0 Å². The van der Waals surface area contributed by atoms with E-state index in [0.29, 0.717) is 40.9 Å². The summed E-state index contributed by atoms with van der Waals surface area (Å²) in [7, 11) is 0. The van der Waals surface area contributed by atoms with Gasteiger partial charge in [0.15, 0.2) is 16.7 Å². The number of hydrogen-bond donors (Lipinski definition) is 2. The zero-order chi connectivity index (χ0) is 22.0. The van der Waals surface area contributed by atoms with E-state index in [-0.39, 0.29) is 34.0 Å². The molecule has 2 aromatic carbocycles. The Labute approximate surface area is 180 Å². The van der Waals surface area contributed by atoms with Crippen molar-refractivity contribution in [2.45, 2.75) is 12.8 Å². The average molecular weight is 436 g/mol. The van der Waals surface area contributed by atoms with E-state index in [4.69, 9.17) is 0 Å². The van der Waals surface area contributed by atoms with Crippen LogP contribution >= 0.6 is 11.3 Å². The Bertz CT molecular complexity index is 1220. The highest BCUT2D eigenvalue weighted by molar-refractivity contribution is 7.18. The minimum Gasteiger partial charge on any atom is -0.384 e. The number of nitrogens with zero attached hydrogens (tertiary/aromatic N) is 2. The summed E-state index contributed by atoms with van der Waals surface area (Å²) < 4.78 is 0. The van der Waals surface area contributed by atoms with Gasteiger partial charge in [0.05, 0.1) is 10.5 Å². The van der Waals surface area contributed by atoms with Crippen molar-refractivity contribution >= 4 is 44.6 Å². The number of nitrogens with one attached hydrogen (secondary N) is 2. The first-order valence-corrected chi connectivity index (χ1v) is 10.2. The third-order valence-corrected chi connectivity index (χ3v) is 5.63. The summed E-state index contributed by atoms with van der Waals surface area (Å²) in [5, 5.41) is 16.4. The average Bonchev–Trinajstić information content (AvgIpc) is 3.23. The van der Waals surface area contributed by atoms with Crippen LogP contribution in [0.4, 0.5) is 15.8 Å². The molecule has 9 nitrogen and oxygen atoms in total. The van der Waals surface area contributed by atoms with Gasteiger partial charge in [0, 0.05) is 35.3 Å². The van der Waals surface area contributed by atoms with Crippen LogP contribution in [0.25, 0.3) is 0 Å². The molecule has 3 aromatic rings. The Hall–Kier alpha value is -3.92. The molecule has 0 fully saturated rings. The van der Waals surface area contributed by atoms with Crippen molar-refractivity contribution in [3.8, 4) is 0 Å². The Balaban J connectivity index is 1.38. The van der Waals surface area contributed by atoms with E-state index in [1.807, 2.05) is 0 Å². The molecule has 0 bridgehead atoms. The van der Waals surface area contributed by atoms with Gasteiger partial charge in [0.1, 0.15) is 6.20 Å². The molecule has 10 heteroatoms. The summed E-state index contributed by atoms with van der Waals surface area (Å²) in [6.07, 6.45) is 1.70. The van der Waals surface area contributed by atoms with E-state index in [1.54, 1.807) is 42.5 Å². The number of hydrogen-bond acceptors (Lipinski definition) is 8. The molecule has 0 saturated heterocycles. The second kappa shape index (κ2) is 8.44. The summed E-state index contributed by atoms with van der Waals surface area (Å²) in [6, 6.07) is 11.8. The van der Waals surface area contributed by atoms with Crippen LogP contribution in [-0.2, 0) is 4.79 Å². The van der Waals surface area contributed by atoms with E-state index >= 15 is 0 Å². The molecule has 0 saturated carbocycles. The molecule has 1 heterocycles. The number of carbonyl (C=O) groups excluding carboxylic acids is 3. The number of ketones is 2. The monoisotopic (exact) mass is 436 g/mol. The molecule has 0 unspecified atom stereocenters. The molecule has 156 valence electrons. The second-order valence-corrected chi connectivity index (χ2v) is 7.78. The number of fused-ring (bicyclic) bond motifs is 2. The van der Waals surface area contributed by atoms with E-state index in [1.165, 1.54) is 0 Å². The first-order valence-electron chi connectivity index (χ1n) is 9.41. The fourth-order valence-electron chi connectivity index (χ4n) is 3.35. The molecule has 4 rings (SSSR count). The largest absolute Gasteiger partial charge is 0.384 e. The van der Waals surface area contributed by atoms with Crippen molar-refractivity contribution in [3.05, 3.63) is 81.0 Å². The van der Waals surface area contributed by atoms with Gasteiger partial charge in [-0.25, -0.2) is 4.98 Å². The normalized spacial score (nSPS) is 12.1. The van der Waals surface area contributed by atoms with Crippen LogP contribution in [0.15, 0.2) is 48.7 Å². The summed E-state index contributed by atoms with van der Waals surface area (Å²) in [5.74, 6) is -0.719. The highest BCUT2D eigenvalue weighted by atomic mass is 32.1. The van der Waals surface area contributed by atoms with Crippen molar-refractivity contribution in [3.63, 3.8) is 0 Å². The molecule has 2 N–H and O–H groups in total. The maximum atomic E-state index is 13.0. The van der Waals surface area contributed by atoms with Gasteiger partial charge < -0.3 is 10.6 Å². The molecular weight excluding hydrogens is 420 g/mol. The Morgan fingerprint density at radius 3 is 2.45 bits per heavy atom. The summed E-state index contributed by atoms with van der Waals surface area (Å²) in [6.45, 7) is 0.394. The smallest absolute Gasteiger partial charge is 0.345 e. The number of anilines is 2. The minimum absolute atomic E-state index is 0.147. The molecule has 0 aliphatic heterocycles. The fourth-order valence-corrected chi connectivity index (χ4v) is 4.00. The van der Waals surface area contributed by atoms with Gasteiger partial charge in [-0.2, -0.15) is 0 Å². The van der Waals surface area contributed by atoms with Gasteiger partial charge in [-0.1, -0.05) is 36.4 Å². The number of benzene rings is 2. The first-order chi connectivity index (χ1) is 15.0. The van der Waals surface area contributed by atoms with Gasteiger partial charge in [-0.05, 0) is 23.8 Å². The molecular formula is C21H16N4O5S. The van der Waals surface area contributed by atoms with E-state index in [0.717, 1.165) is 17.5 Å². The second-order valence-electron chi connectivity index (χ2n) is 6.77. The number of carbonyl (C=O) groups is 3. The Kier molecular flexibility index (Phi) is 5.54. The van der Waals surface area contributed by atoms with Crippen LogP contribution in [0.3, 0.4) is 0 Å². The van der Waals surface area contributed by atoms with Crippen LogP contribution in [0.2, 0.25) is 0 Å². The first kappa shape index (κ1) is 20.4. The van der Waals surface area contributed by atoms with Gasteiger partial charge >= 0.3 is 5.00 Å². The third kappa shape index (κ3) is 4.05. The van der Waals surface area contributed by atoms with Crippen molar-refractivity contribution in [1.82, 2.24) is 4.98 Å². The van der Waals surface area contributed by atoms with Crippen LogP contribution in [0, 0.1) is 10.1 Å². The number of nitro groups is 1. The van der Waals surface area contributed by atoms with Crippen molar-refractivity contribution in [2.75, 3.05) is 17.2 Å². The Morgan fingerprint density at radius 2 is 1.74 bits per heavy atom. The summed E-state index contributed by atoms with van der Waals surface area (Å²) in [4.78, 5) is 51.6. The van der Waals surface area contributed by atoms with E-state index in [2.05, 4.69) is 15.6 Å². The predicted octanol–water partition coefficient (Wildman–Crippen LogP) is 3.66. The number of thiazole rings is 1. The van der Waals surface area contributed by atoms with Gasteiger partial charge in [-0.3, -0.25) is 24.5 Å². The summed E-state index contributed by atoms with van der Waals surface area (Å²) >= 11 is 0.789. The predicted molar refractivity (Wildman–Crippen MR) is 115 cm³/mol. The molecule has 31 heavy (non-hydrogen) atoms. The fraction of sp³-hybridized carbons (Fsp3) is 0.143. The zero-order valence-electron chi connectivity index (χ0n) is 16.1. The maximum absolute atomic E-state index is 13.0. The molecule has 0 spiro atoms. The standard InChI is InChI=1S/C21H16N4O5S/c26-16(24-21-23-11-17(31-21)25(29)30)9-4-10-22-15-8-3-7-14-18(15)20(28)13-6-2-1-5-12(13)19(14)27/h1-3,5-8,11,22H,4,9-10H2,(H,23,24,26). The lowest BCUT2D eigenvalue weighted by atomic mass is 9.83. The third-order valence-electron chi connectivity index (χ3n) is 4.77. The molecule has 1 aromatic heterocycles. The number of rotatable bonds is 7. The summed E-state index contributed by atoms with van der Waals surface area (Å²) in [5.41, 5.74) is 2.02. The van der Waals surface area contributed by atoms with Gasteiger partial charge in [0.25, 0.3) is 0 Å². The topological polar surface area (TPSA) is 131 Å².